The van der Waals surface area contributed by atoms with Crippen LogP contribution in [0, 0.1) is 11.6 Å². The predicted octanol–water partition coefficient (Wildman–Crippen LogP) is 6.23. The normalized spacial score (nSPS) is 17.8. The zero-order valence-corrected chi connectivity index (χ0v) is 27.0. The van der Waals surface area contributed by atoms with Crippen LogP contribution in [-0.2, 0) is 25.5 Å². The van der Waals surface area contributed by atoms with Gasteiger partial charge in [0.05, 0.1) is 6.61 Å². The summed E-state index contributed by atoms with van der Waals surface area (Å²) in [5.41, 5.74) is -0.669. The summed E-state index contributed by atoms with van der Waals surface area (Å²) in [7, 11) is 0. The number of rotatable bonds is 13. The molecule has 0 fully saturated rings. The van der Waals surface area contributed by atoms with E-state index >= 15 is 0 Å². The van der Waals surface area contributed by atoms with Crippen LogP contribution in [-0.4, -0.2) is 53.8 Å². The van der Waals surface area contributed by atoms with Gasteiger partial charge in [-0.3, -0.25) is 9.59 Å². The van der Waals surface area contributed by atoms with E-state index in [0.29, 0.717) is 35.5 Å². The lowest BCUT2D eigenvalue weighted by molar-refractivity contribution is -0.155. The molecule has 0 saturated carbocycles. The highest BCUT2D eigenvalue weighted by molar-refractivity contribution is 9.10. The van der Waals surface area contributed by atoms with Gasteiger partial charge in [-0.2, -0.15) is 0 Å². The summed E-state index contributed by atoms with van der Waals surface area (Å²) >= 11 is 3.44. The number of nitrogens with one attached hydrogen (secondary N) is 1. The molecule has 0 saturated heterocycles. The van der Waals surface area contributed by atoms with Crippen molar-refractivity contribution < 1.29 is 37.7 Å². The Hall–Kier alpha value is -3.83. The van der Waals surface area contributed by atoms with Crippen LogP contribution < -0.4 is 10.1 Å². The van der Waals surface area contributed by atoms with Crippen LogP contribution in [0.4, 0.5) is 8.78 Å². The van der Waals surface area contributed by atoms with E-state index in [1.165, 1.54) is 12.1 Å². The average molecular weight is 688 g/mol. The van der Waals surface area contributed by atoms with Crippen molar-refractivity contribution in [2.45, 2.75) is 63.7 Å². The smallest absolute Gasteiger partial charge is 0.306 e. The molecule has 0 aromatic heterocycles. The van der Waals surface area contributed by atoms with Gasteiger partial charge in [-0.05, 0) is 93.3 Å². The van der Waals surface area contributed by atoms with Crippen molar-refractivity contribution in [1.29, 1.82) is 0 Å². The molecule has 0 radical (unpaired) electrons. The van der Waals surface area contributed by atoms with Crippen LogP contribution in [0.2, 0.25) is 0 Å². The zero-order valence-electron chi connectivity index (χ0n) is 25.4. The van der Waals surface area contributed by atoms with Crippen molar-refractivity contribution in [1.82, 2.24) is 5.32 Å². The molecular weight excluding hydrogens is 650 g/mol. The molecule has 2 N–H and O–H groups in total. The Kier molecular flexibility index (Phi) is 11.3. The highest BCUT2D eigenvalue weighted by Crippen LogP contribution is 2.43. The minimum Gasteiger partial charge on any atom is -0.494 e. The number of benzene rings is 3. The third-order valence-corrected chi connectivity index (χ3v) is 7.48. The second-order valence-electron chi connectivity index (χ2n) is 11.7. The van der Waals surface area contributed by atoms with E-state index in [9.17, 15) is 18.4 Å². The van der Waals surface area contributed by atoms with Crippen molar-refractivity contribution in [3.05, 3.63) is 99.5 Å². The fraction of sp³-hybridized carbons (Fsp3) is 0.382. The number of carbonyl (C=O) groups excluding carboxylic acids is 2. The van der Waals surface area contributed by atoms with Gasteiger partial charge in [0.25, 0.3) is 5.91 Å². The maximum atomic E-state index is 14.2. The van der Waals surface area contributed by atoms with E-state index in [0.717, 1.165) is 10.5 Å². The third-order valence-electron chi connectivity index (χ3n) is 6.95. The molecule has 45 heavy (non-hydrogen) atoms. The number of carbonyl (C=O) groups is 2. The number of esters is 1. The number of nitrogens with zero attached hydrogens (tertiary/aromatic N) is 1. The first-order valence-electron chi connectivity index (χ1n) is 14.7. The molecule has 1 amide bonds. The molecule has 1 heterocycles. The van der Waals surface area contributed by atoms with Gasteiger partial charge in [0, 0.05) is 42.1 Å². The SMILES string of the molecule is CC(C)(C)OC(=O)CC[C@@]1(C(=O)NCCc2cc(F)cc(F)c2)N=C(c2ccc(OCCCO)cc2)O[C@@H]1c1ccc(Br)cc1. The molecule has 3 aromatic carbocycles. The molecule has 11 heteroatoms. The molecule has 4 rings (SSSR count). The lowest BCUT2D eigenvalue weighted by Gasteiger charge is -2.31. The molecule has 240 valence electrons. The second-order valence-corrected chi connectivity index (χ2v) is 12.6. The van der Waals surface area contributed by atoms with Gasteiger partial charge in [-0.1, -0.05) is 28.1 Å². The van der Waals surface area contributed by atoms with Crippen LogP contribution >= 0.6 is 15.9 Å². The van der Waals surface area contributed by atoms with Crippen LogP contribution in [0.3, 0.4) is 0 Å². The van der Waals surface area contributed by atoms with E-state index in [4.69, 9.17) is 24.3 Å². The summed E-state index contributed by atoms with van der Waals surface area (Å²) in [6.07, 6.45) is -0.397. The third kappa shape index (κ3) is 9.34. The van der Waals surface area contributed by atoms with E-state index in [-0.39, 0.29) is 38.3 Å². The lowest BCUT2D eigenvalue weighted by atomic mass is 9.83. The Labute approximate surface area is 269 Å². The molecule has 0 bridgehead atoms. The molecule has 0 unspecified atom stereocenters. The first-order valence-corrected chi connectivity index (χ1v) is 15.5. The van der Waals surface area contributed by atoms with E-state index in [2.05, 4.69) is 21.2 Å². The lowest BCUT2D eigenvalue weighted by Crippen LogP contribution is -2.49. The van der Waals surface area contributed by atoms with Crippen molar-refractivity contribution in [2.24, 2.45) is 4.99 Å². The maximum absolute atomic E-state index is 14.2. The van der Waals surface area contributed by atoms with E-state index < -0.39 is 40.8 Å². The van der Waals surface area contributed by atoms with Gasteiger partial charge in [-0.15, -0.1) is 0 Å². The number of aliphatic hydroxyl groups excluding tert-OH is 1. The van der Waals surface area contributed by atoms with Crippen molar-refractivity contribution >= 4 is 33.7 Å². The summed E-state index contributed by atoms with van der Waals surface area (Å²) in [5, 5.41) is 11.9. The van der Waals surface area contributed by atoms with Crippen LogP contribution in [0.15, 0.2) is 76.2 Å². The van der Waals surface area contributed by atoms with Crippen molar-refractivity contribution in [3.63, 3.8) is 0 Å². The highest BCUT2D eigenvalue weighted by Gasteiger charge is 2.53. The molecule has 8 nitrogen and oxygen atoms in total. The second kappa shape index (κ2) is 15.0. The largest absolute Gasteiger partial charge is 0.494 e. The molecule has 0 spiro atoms. The Balaban J connectivity index is 1.68. The number of hydrogen-bond donors (Lipinski definition) is 2. The molecule has 3 aromatic rings. The summed E-state index contributed by atoms with van der Waals surface area (Å²) < 4.78 is 46.0. The molecule has 0 aliphatic carbocycles. The molecule has 2 atom stereocenters. The van der Waals surface area contributed by atoms with Crippen molar-refractivity contribution in [2.75, 3.05) is 19.8 Å². The van der Waals surface area contributed by atoms with E-state index in [1.54, 1.807) is 45.0 Å². The number of hydrogen-bond acceptors (Lipinski definition) is 7. The fourth-order valence-electron chi connectivity index (χ4n) is 4.92. The van der Waals surface area contributed by atoms with Gasteiger partial charge < -0.3 is 24.6 Å². The average Bonchev–Trinajstić information content (AvgIpc) is 3.36. The predicted molar refractivity (Wildman–Crippen MR) is 169 cm³/mol. The molecule has 1 aliphatic heterocycles. The number of halogens is 3. The quantitative estimate of drug-likeness (QED) is 0.163. The Bertz CT molecular complexity index is 1490. The number of aliphatic imine (C=N–C) groups is 1. The number of aliphatic hydroxyl groups is 1. The standard InChI is InChI=1S/C34H37BrF2N2O6/c1-33(2,3)45-29(41)13-15-34(32(42)38-16-14-22-19-26(36)21-27(37)20-22)30(23-5-9-25(35)10-6-23)44-31(39-34)24-7-11-28(12-8-24)43-18-4-17-40/h5-12,19-21,30,40H,4,13-18H2,1-3H3,(H,38,42)/t30-,34-/m1/s1. The highest BCUT2D eigenvalue weighted by atomic mass is 79.9. The minimum absolute atomic E-state index is 0.0206. The Morgan fingerprint density at radius 3 is 2.33 bits per heavy atom. The van der Waals surface area contributed by atoms with Crippen LogP contribution in [0.25, 0.3) is 0 Å². The molecule has 1 aliphatic rings. The molecular formula is C34H37BrF2N2O6. The summed E-state index contributed by atoms with van der Waals surface area (Å²) in [4.78, 5) is 31.9. The Morgan fingerprint density at radius 2 is 1.71 bits per heavy atom. The minimum atomic E-state index is -1.58. The van der Waals surface area contributed by atoms with Gasteiger partial charge in [-0.25, -0.2) is 13.8 Å². The maximum Gasteiger partial charge on any atom is 0.306 e. The Morgan fingerprint density at radius 1 is 1.04 bits per heavy atom. The van der Waals surface area contributed by atoms with Gasteiger partial charge >= 0.3 is 5.97 Å². The van der Waals surface area contributed by atoms with Gasteiger partial charge in [0.15, 0.2) is 11.6 Å². The van der Waals surface area contributed by atoms with Gasteiger partial charge in [0.2, 0.25) is 5.90 Å². The first-order chi connectivity index (χ1) is 21.4. The zero-order chi connectivity index (χ0) is 32.6. The summed E-state index contributed by atoms with van der Waals surface area (Å²) in [6, 6.07) is 17.5. The summed E-state index contributed by atoms with van der Waals surface area (Å²) in [6.45, 7) is 5.73. The monoisotopic (exact) mass is 686 g/mol. The van der Waals surface area contributed by atoms with E-state index in [1.807, 2.05) is 24.3 Å². The van der Waals surface area contributed by atoms with Crippen LogP contribution in [0.5, 0.6) is 5.75 Å². The number of amides is 1. The number of ether oxygens (including phenoxy) is 3. The fourth-order valence-corrected chi connectivity index (χ4v) is 5.19. The van der Waals surface area contributed by atoms with Crippen LogP contribution in [0.1, 0.15) is 62.8 Å². The van der Waals surface area contributed by atoms with Crippen molar-refractivity contribution in [3.8, 4) is 5.75 Å². The topological polar surface area (TPSA) is 106 Å². The van der Waals surface area contributed by atoms with Gasteiger partial charge in [0.1, 0.15) is 23.0 Å². The summed E-state index contributed by atoms with van der Waals surface area (Å²) in [5.74, 6) is -1.61. The first kappa shape index (κ1) is 34.1.